The van der Waals surface area contributed by atoms with Gasteiger partial charge in [-0.3, -0.25) is 0 Å². The first-order valence-electron chi connectivity index (χ1n) is 5.06. The Bertz CT molecular complexity index is 499. The lowest BCUT2D eigenvalue weighted by Crippen LogP contribution is -2.44. The number of fused-ring (bicyclic) bond motifs is 1. The van der Waals surface area contributed by atoms with Crippen molar-refractivity contribution in [3.8, 4) is 0 Å². The van der Waals surface area contributed by atoms with E-state index in [1.165, 1.54) is 18.2 Å². The Balaban J connectivity index is 2.66. The highest BCUT2D eigenvalue weighted by Gasteiger charge is 2.61. The van der Waals surface area contributed by atoms with Crippen molar-refractivity contribution >= 4 is 17.7 Å². The van der Waals surface area contributed by atoms with Gasteiger partial charge < -0.3 is 4.74 Å². The molecule has 0 aromatic heterocycles. The van der Waals surface area contributed by atoms with E-state index in [0.717, 1.165) is 13.2 Å². The summed E-state index contributed by atoms with van der Waals surface area (Å²) in [6, 6.07) is 4.06. The summed E-state index contributed by atoms with van der Waals surface area (Å²) in [4.78, 5) is 0. The maximum Gasteiger partial charge on any atom is 0.343 e. The largest absolute Gasteiger partial charge is 0.370 e. The first kappa shape index (κ1) is 13.4. The molecule has 1 atom stereocenters. The first-order valence-corrected chi connectivity index (χ1v) is 5.44. The van der Waals surface area contributed by atoms with E-state index in [-0.39, 0.29) is 22.2 Å². The molecule has 18 heavy (non-hydrogen) atoms. The van der Waals surface area contributed by atoms with E-state index in [1.54, 1.807) is 0 Å². The molecule has 0 saturated carbocycles. The molecule has 1 aromatic carbocycles. The third-order valence-electron chi connectivity index (χ3n) is 2.81. The van der Waals surface area contributed by atoms with Crippen molar-refractivity contribution in [3.05, 3.63) is 40.4 Å². The first-order chi connectivity index (χ1) is 8.29. The zero-order chi connectivity index (χ0) is 13.6. The Morgan fingerprint density at radius 2 is 1.89 bits per heavy atom. The summed E-state index contributed by atoms with van der Waals surface area (Å²) in [5, 5.41) is 0.185. The van der Waals surface area contributed by atoms with Gasteiger partial charge in [0, 0.05) is 12.1 Å². The molecule has 1 aromatic rings. The Morgan fingerprint density at radius 1 is 1.22 bits per heavy atom. The molecular formula is C12H9ClF4O. The van der Waals surface area contributed by atoms with Crippen molar-refractivity contribution in [3.63, 3.8) is 0 Å². The molecule has 98 valence electrons. The molecule has 1 aliphatic carbocycles. The average molecular weight is 281 g/mol. The fourth-order valence-electron chi connectivity index (χ4n) is 1.88. The summed E-state index contributed by atoms with van der Waals surface area (Å²) in [7, 11) is 0.963. The topological polar surface area (TPSA) is 9.23 Å². The molecule has 0 aliphatic heterocycles. The van der Waals surface area contributed by atoms with Gasteiger partial charge in [0.05, 0.1) is 0 Å². The fourth-order valence-corrected chi connectivity index (χ4v) is 2.06. The van der Waals surface area contributed by atoms with Crippen LogP contribution in [0.4, 0.5) is 17.6 Å². The predicted molar refractivity (Wildman–Crippen MR) is 60.1 cm³/mol. The second-order valence-corrected chi connectivity index (χ2v) is 4.40. The van der Waals surface area contributed by atoms with Crippen LogP contribution in [-0.2, 0) is 4.74 Å². The lowest BCUT2D eigenvalue weighted by atomic mass is 9.98. The highest BCUT2D eigenvalue weighted by Crippen LogP contribution is 2.49. The van der Waals surface area contributed by atoms with Gasteiger partial charge in [-0.15, -0.1) is 0 Å². The molecular weight excluding hydrogens is 272 g/mol. The summed E-state index contributed by atoms with van der Waals surface area (Å²) in [5.41, 5.74) is 0.187. The molecule has 2 rings (SSSR count). The molecule has 1 unspecified atom stereocenters. The van der Waals surface area contributed by atoms with Gasteiger partial charge in [0.1, 0.15) is 0 Å². The highest BCUT2D eigenvalue weighted by molar-refractivity contribution is 6.30. The van der Waals surface area contributed by atoms with Crippen LogP contribution in [-0.4, -0.2) is 19.0 Å². The molecule has 1 nitrogen and oxygen atoms in total. The normalized spacial score (nSPS) is 24.4. The molecule has 0 bridgehead atoms. The Labute approximate surface area is 106 Å². The molecule has 0 spiro atoms. The predicted octanol–water partition coefficient (Wildman–Crippen LogP) is 4.32. The van der Waals surface area contributed by atoms with Crippen LogP contribution in [0.25, 0.3) is 6.08 Å². The average Bonchev–Trinajstić information content (AvgIpc) is 2.34. The van der Waals surface area contributed by atoms with E-state index in [0.29, 0.717) is 0 Å². The second kappa shape index (κ2) is 4.24. The van der Waals surface area contributed by atoms with Crippen LogP contribution in [0.1, 0.15) is 17.2 Å². The number of ether oxygens (including phenoxy) is 1. The van der Waals surface area contributed by atoms with Crippen molar-refractivity contribution in [1.29, 1.82) is 0 Å². The van der Waals surface area contributed by atoms with Crippen LogP contribution in [0.3, 0.4) is 0 Å². The smallest absolute Gasteiger partial charge is 0.343 e. The Hall–Kier alpha value is -1.07. The molecule has 6 heteroatoms. The van der Waals surface area contributed by atoms with Crippen LogP contribution in [0.15, 0.2) is 24.3 Å². The van der Waals surface area contributed by atoms with Crippen LogP contribution in [0.5, 0.6) is 0 Å². The van der Waals surface area contributed by atoms with Crippen LogP contribution < -0.4 is 0 Å². The summed E-state index contributed by atoms with van der Waals surface area (Å²) >= 11 is 5.70. The molecule has 0 saturated heterocycles. The highest BCUT2D eigenvalue weighted by atomic mass is 35.5. The fraction of sp³-hybridized carbons (Fsp3) is 0.333. The molecule has 0 fully saturated rings. The van der Waals surface area contributed by atoms with Gasteiger partial charge in [0.25, 0.3) is 0 Å². The maximum absolute atomic E-state index is 13.7. The summed E-state index contributed by atoms with van der Waals surface area (Å²) in [6.45, 7) is 0. The number of allylic oxidation sites excluding steroid dienone is 1. The SMILES string of the molecule is COC1c2cc(Cl)ccc2C=CC(F)(F)C1(F)F. The second-order valence-electron chi connectivity index (χ2n) is 3.97. The lowest BCUT2D eigenvalue weighted by molar-refractivity contribution is -0.238. The van der Waals surface area contributed by atoms with Crippen molar-refractivity contribution in [1.82, 2.24) is 0 Å². The van der Waals surface area contributed by atoms with Gasteiger partial charge in [0.2, 0.25) is 0 Å². The van der Waals surface area contributed by atoms with Gasteiger partial charge in [-0.2, -0.15) is 17.6 Å². The van der Waals surface area contributed by atoms with E-state index >= 15 is 0 Å². The third-order valence-corrected chi connectivity index (χ3v) is 3.05. The Kier molecular flexibility index (Phi) is 3.15. The number of benzene rings is 1. The molecule has 0 amide bonds. The van der Waals surface area contributed by atoms with Gasteiger partial charge in [-0.05, 0) is 29.3 Å². The molecule has 0 radical (unpaired) electrons. The van der Waals surface area contributed by atoms with Crippen LogP contribution >= 0.6 is 11.6 Å². The number of hydrogen-bond donors (Lipinski definition) is 0. The number of methoxy groups -OCH3 is 1. The van der Waals surface area contributed by atoms with Crippen molar-refractivity contribution in [2.45, 2.75) is 17.9 Å². The van der Waals surface area contributed by atoms with Crippen molar-refractivity contribution < 1.29 is 22.3 Å². The van der Waals surface area contributed by atoms with Crippen LogP contribution in [0, 0.1) is 0 Å². The molecule has 0 heterocycles. The standard InChI is InChI=1S/C12H9ClF4O/c1-18-10-9-6-8(13)3-2-7(9)4-5-11(14,15)12(10,16)17/h2-6,10H,1H3. The number of hydrogen-bond acceptors (Lipinski definition) is 1. The van der Waals surface area contributed by atoms with E-state index < -0.39 is 17.9 Å². The van der Waals surface area contributed by atoms with E-state index in [4.69, 9.17) is 11.6 Å². The number of halogens is 5. The van der Waals surface area contributed by atoms with Gasteiger partial charge in [-0.25, -0.2) is 0 Å². The summed E-state index contributed by atoms with van der Waals surface area (Å²) in [6.07, 6.45) is -0.895. The van der Waals surface area contributed by atoms with E-state index in [2.05, 4.69) is 4.74 Å². The summed E-state index contributed by atoms with van der Waals surface area (Å²) < 4.78 is 58.9. The minimum absolute atomic E-state index is 0.0524. The number of alkyl halides is 4. The Morgan fingerprint density at radius 3 is 2.50 bits per heavy atom. The monoisotopic (exact) mass is 280 g/mol. The zero-order valence-electron chi connectivity index (χ0n) is 9.26. The van der Waals surface area contributed by atoms with Crippen molar-refractivity contribution in [2.24, 2.45) is 0 Å². The molecule has 0 N–H and O–H groups in total. The maximum atomic E-state index is 13.7. The molecule has 1 aliphatic rings. The quantitative estimate of drug-likeness (QED) is 0.696. The minimum Gasteiger partial charge on any atom is -0.370 e. The third kappa shape index (κ3) is 1.91. The number of rotatable bonds is 1. The van der Waals surface area contributed by atoms with Crippen LogP contribution in [0.2, 0.25) is 5.02 Å². The van der Waals surface area contributed by atoms with Gasteiger partial charge >= 0.3 is 11.8 Å². The van der Waals surface area contributed by atoms with Crippen molar-refractivity contribution in [2.75, 3.05) is 7.11 Å². The van der Waals surface area contributed by atoms with E-state index in [1.807, 2.05) is 0 Å². The van der Waals surface area contributed by atoms with Gasteiger partial charge in [0.15, 0.2) is 6.10 Å². The zero-order valence-corrected chi connectivity index (χ0v) is 10.0. The lowest BCUT2D eigenvalue weighted by Gasteiger charge is -2.29. The van der Waals surface area contributed by atoms with E-state index in [9.17, 15) is 17.6 Å². The van der Waals surface area contributed by atoms with Gasteiger partial charge in [-0.1, -0.05) is 23.7 Å². The summed E-state index contributed by atoms with van der Waals surface area (Å²) in [5.74, 6) is -8.62. The minimum atomic E-state index is -4.34.